The number of carbonyl (C=O) groups is 1. The number of phenolic OH excluding ortho intramolecular Hbond substituents is 1. The molecule has 1 N–H and O–H groups in total. The van der Waals surface area contributed by atoms with Crippen molar-refractivity contribution in [1.82, 2.24) is 4.98 Å². The maximum atomic E-state index is 13.8. The third-order valence-electron chi connectivity index (χ3n) is 4.98. The lowest BCUT2D eigenvalue weighted by atomic mass is 9.98. The number of methoxy groups -OCH3 is 1. The molecule has 1 aliphatic rings. The fourth-order valence-electron chi connectivity index (χ4n) is 3.66. The number of aromatic nitrogens is 1. The lowest BCUT2D eigenvalue weighted by Crippen LogP contribution is -2.29. The lowest BCUT2D eigenvalue weighted by molar-refractivity contribution is 0.0971. The highest BCUT2D eigenvalue weighted by Gasteiger charge is 2.45. The Labute approximate surface area is 172 Å². The second kappa shape index (κ2) is 6.67. The SMILES string of the molecule is COc1cc(C2c3c(oc4ccc(F)cc4c3=O)C(=O)N2c2nccs2)ccc1O. The molecule has 9 heteroatoms. The van der Waals surface area contributed by atoms with Crippen molar-refractivity contribution in [3.63, 3.8) is 0 Å². The van der Waals surface area contributed by atoms with Gasteiger partial charge in [0.05, 0.1) is 24.1 Å². The van der Waals surface area contributed by atoms with Gasteiger partial charge in [-0.05, 0) is 35.9 Å². The standard InChI is InChI=1S/C21H13FN2O5S/c1-28-15-8-10(2-4-13(15)25)17-16-18(26)12-9-11(22)3-5-14(12)29-19(16)20(27)24(17)21-23-6-7-30-21/h2-9,17,25H,1H3. The van der Waals surface area contributed by atoms with Gasteiger partial charge in [-0.15, -0.1) is 11.3 Å². The van der Waals surface area contributed by atoms with Gasteiger partial charge >= 0.3 is 0 Å². The molecule has 0 aliphatic carbocycles. The number of anilines is 1. The molecular weight excluding hydrogens is 411 g/mol. The van der Waals surface area contributed by atoms with E-state index in [1.807, 2.05) is 0 Å². The van der Waals surface area contributed by atoms with E-state index in [9.17, 15) is 19.1 Å². The number of amides is 1. The molecular formula is C21H13FN2O5S. The smallest absolute Gasteiger partial charge is 0.297 e. The number of ether oxygens (including phenoxy) is 1. The Morgan fingerprint density at radius 2 is 2.07 bits per heavy atom. The molecule has 3 heterocycles. The van der Waals surface area contributed by atoms with Gasteiger partial charge in [0.2, 0.25) is 5.76 Å². The molecule has 1 aliphatic heterocycles. The summed E-state index contributed by atoms with van der Waals surface area (Å²) in [7, 11) is 1.40. The molecule has 150 valence electrons. The summed E-state index contributed by atoms with van der Waals surface area (Å²) in [6, 6.07) is 7.24. The van der Waals surface area contributed by atoms with Crippen LogP contribution in [0.5, 0.6) is 11.5 Å². The minimum absolute atomic E-state index is 0.0401. The van der Waals surface area contributed by atoms with Crippen LogP contribution < -0.4 is 15.1 Å². The van der Waals surface area contributed by atoms with Crippen LogP contribution in [0, 0.1) is 5.82 Å². The topological polar surface area (TPSA) is 92.9 Å². The van der Waals surface area contributed by atoms with E-state index < -0.39 is 23.2 Å². The van der Waals surface area contributed by atoms with Crippen molar-refractivity contribution in [3.05, 3.63) is 80.9 Å². The summed E-state index contributed by atoms with van der Waals surface area (Å²) in [5.41, 5.74) is 0.211. The normalized spacial score (nSPS) is 15.6. The van der Waals surface area contributed by atoms with Gasteiger partial charge in [-0.3, -0.25) is 14.5 Å². The summed E-state index contributed by atoms with van der Waals surface area (Å²) in [6.07, 6.45) is 1.55. The van der Waals surface area contributed by atoms with E-state index in [0.29, 0.717) is 10.7 Å². The molecule has 30 heavy (non-hydrogen) atoms. The number of thiazole rings is 1. The second-order valence-electron chi connectivity index (χ2n) is 6.64. The minimum Gasteiger partial charge on any atom is -0.504 e. The van der Waals surface area contributed by atoms with E-state index in [2.05, 4.69) is 4.98 Å². The van der Waals surface area contributed by atoms with Crippen molar-refractivity contribution in [2.45, 2.75) is 6.04 Å². The van der Waals surface area contributed by atoms with E-state index in [4.69, 9.17) is 9.15 Å². The quantitative estimate of drug-likeness (QED) is 0.537. The number of phenols is 1. The Morgan fingerprint density at radius 3 is 2.80 bits per heavy atom. The van der Waals surface area contributed by atoms with Gasteiger partial charge in [0.15, 0.2) is 22.1 Å². The molecule has 0 fully saturated rings. The average molecular weight is 424 g/mol. The molecule has 7 nitrogen and oxygen atoms in total. The number of benzene rings is 2. The molecule has 0 saturated carbocycles. The molecule has 0 saturated heterocycles. The van der Waals surface area contributed by atoms with Crippen molar-refractivity contribution in [3.8, 4) is 11.5 Å². The number of hydrogen-bond acceptors (Lipinski definition) is 7. The first-order chi connectivity index (χ1) is 14.5. The molecule has 0 radical (unpaired) electrons. The van der Waals surface area contributed by atoms with E-state index in [0.717, 1.165) is 12.1 Å². The Hall–Kier alpha value is -3.72. The number of carbonyl (C=O) groups excluding carboxylic acids is 1. The summed E-state index contributed by atoms with van der Waals surface area (Å²) >= 11 is 1.23. The molecule has 1 atom stereocenters. The van der Waals surface area contributed by atoms with Crippen molar-refractivity contribution < 1.29 is 23.4 Å². The lowest BCUT2D eigenvalue weighted by Gasteiger charge is -2.23. The van der Waals surface area contributed by atoms with E-state index in [1.165, 1.54) is 41.5 Å². The van der Waals surface area contributed by atoms with Crippen molar-refractivity contribution in [2.24, 2.45) is 0 Å². The highest BCUT2D eigenvalue weighted by Crippen LogP contribution is 2.43. The average Bonchev–Trinajstić information content (AvgIpc) is 3.36. The monoisotopic (exact) mass is 424 g/mol. The first kappa shape index (κ1) is 18.3. The fraction of sp³-hybridized carbons (Fsp3) is 0.0952. The first-order valence-corrected chi connectivity index (χ1v) is 9.73. The van der Waals surface area contributed by atoms with Gasteiger partial charge in [0, 0.05) is 11.6 Å². The van der Waals surface area contributed by atoms with Gasteiger partial charge in [-0.25, -0.2) is 9.37 Å². The molecule has 4 aromatic rings. The molecule has 0 spiro atoms. The first-order valence-electron chi connectivity index (χ1n) is 8.86. The van der Waals surface area contributed by atoms with Gasteiger partial charge in [-0.2, -0.15) is 0 Å². The summed E-state index contributed by atoms with van der Waals surface area (Å²) < 4.78 is 24.7. The molecule has 2 aromatic carbocycles. The van der Waals surface area contributed by atoms with Crippen LogP contribution in [0.25, 0.3) is 11.0 Å². The number of nitrogens with zero attached hydrogens (tertiary/aromatic N) is 2. The highest BCUT2D eigenvalue weighted by atomic mass is 32.1. The number of halogens is 1. The third-order valence-corrected chi connectivity index (χ3v) is 5.75. The van der Waals surface area contributed by atoms with E-state index in [-0.39, 0.29) is 33.8 Å². The zero-order chi connectivity index (χ0) is 21.0. The highest BCUT2D eigenvalue weighted by molar-refractivity contribution is 7.13. The molecule has 2 aromatic heterocycles. The summed E-state index contributed by atoms with van der Waals surface area (Å²) in [6.45, 7) is 0. The minimum atomic E-state index is -0.878. The Balaban J connectivity index is 1.83. The Bertz CT molecular complexity index is 1370. The molecule has 1 unspecified atom stereocenters. The molecule has 1 amide bonds. The number of hydrogen-bond donors (Lipinski definition) is 1. The van der Waals surface area contributed by atoms with E-state index >= 15 is 0 Å². The predicted molar refractivity (Wildman–Crippen MR) is 108 cm³/mol. The van der Waals surface area contributed by atoms with Crippen molar-refractivity contribution in [2.75, 3.05) is 12.0 Å². The van der Waals surface area contributed by atoms with Gasteiger partial charge in [0.1, 0.15) is 11.4 Å². The third kappa shape index (κ3) is 2.59. The number of aromatic hydroxyl groups is 1. The molecule has 0 bridgehead atoms. The van der Waals surface area contributed by atoms with E-state index in [1.54, 1.807) is 17.6 Å². The largest absolute Gasteiger partial charge is 0.504 e. The molecule has 5 rings (SSSR count). The van der Waals surface area contributed by atoms with Crippen LogP contribution in [0.1, 0.15) is 27.7 Å². The van der Waals surface area contributed by atoms with Crippen LogP contribution in [0.2, 0.25) is 0 Å². The Kier molecular flexibility index (Phi) is 4.07. The Morgan fingerprint density at radius 1 is 1.23 bits per heavy atom. The van der Waals surface area contributed by atoms with Gasteiger partial charge in [0.25, 0.3) is 5.91 Å². The fourth-order valence-corrected chi connectivity index (χ4v) is 4.32. The van der Waals surface area contributed by atoms with Crippen LogP contribution in [-0.2, 0) is 0 Å². The second-order valence-corrected chi connectivity index (χ2v) is 7.51. The van der Waals surface area contributed by atoms with Gasteiger partial charge in [-0.1, -0.05) is 6.07 Å². The maximum absolute atomic E-state index is 13.8. The predicted octanol–water partition coefficient (Wildman–Crippen LogP) is 3.85. The van der Waals surface area contributed by atoms with Crippen molar-refractivity contribution >= 4 is 33.3 Å². The summed E-state index contributed by atoms with van der Waals surface area (Å²) in [4.78, 5) is 32.2. The van der Waals surface area contributed by atoms with Crippen LogP contribution in [-0.4, -0.2) is 23.1 Å². The number of fused-ring (bicyclic) bond motifs is 2. The zero-order valence-corrected chi connectivity index (χ0v) is 16.3. The summed E-state index contributed by atoms with van der Waals surface area (Å²) in [5.74, 6) is -1.13. The van der Waals surface area contributed by atoms with Crippen LogP contribution in [0.4, 0.5) is 9.52 Å². The van der Waals surface area contributed by atoms with Crippen LogP contribution in [0.15, 0.2) is 57.2 Å². The zero-order valence-electron chi connectivity index (χ0n) is 15.5. The maximum Gasteiger partial charge on any atom is 0.297 e. The van der Waals surface area contributed by atoms with Gasteiger partial charge < -0.3 is 14.3 Å². The van der Waals surface area contributed by atoms with Crippen LogP contribution in [0.3, 0.4) is 0 Å². The van der Waals surface area contributed by atoms with Crippen LogP contribution >= 0.6 is 11.3 Å². The summed E-state index contributed by atoms with van der Waals surface area (Å²) in [5, 5.41) is 12.1. The number of rotatable bonds is 3. The van der Waals surface area contributed by atoms with Crippen molar-refractivity contribution in [1.29, 1.82) is 0 Å².